The molecule has 7 aromatic carbocycles. The summed E-state index contributed by atoms with van der Waals surface area (Å²) in [5.74, 6) is -1.06. The number of phenols is 1. The molecule has 0 spiro atoms. The molecule has 3 unspecified atom stereocenters. The van der Waals surface area contributed by atoms with E-state index in [-0.39, 0.29) is 55.9 Å². The molecule has 0 saturated heterocycles. The number of hydrogen-bond donors (Lipinski definition) is 5. The molecule has 0 bridgehead atoms. The molecule has 490 valence electrons. The first-order valence-electron chi connectivity index (χ1n) is 29.4. The Balaban J connectivity index is 0.000000402. The van der Waals surface area contributed by atoms with E-state index in [0.717, 1.165) is 41.5 Å². The van der Waals surface area contributed by atoms with Crippen LogP contribution < -0.4 is 35.8 Å². The standard InChI is InChI=1S/C34H33N3O8.C22H21N3O6.C8H16O2.C6H6O.Sn/c1-22-14-16-25(18-29(22)36-33(40)44-27-10-6-4-7-11-27)19-31(38)42-21-24(3)43-32(39)35-26-17-15-23(2)30(20-26)37-34(41)45-28-12-8-5-9-13-28;1-14-4-6-17(8-19(14)23-12-26)9-21(28)30-11-16(3)31-22(29)25-18-7-5-15(2)20(10-18)24-13-27;1-3-5-6-7(4-2)8(9)10;7-6-4-2-1-3-5-6;/h4-18,20,24H,19,21H2,1-3H3,(H,35,39)(H,36,40)(H,37,41);4-8,10,16H,9,11H2,1-3H3,(H,25,29);7H,3-6H2,1-2H3,(H,9,10);1-5,7H;/q;;;;+2/p-1. The summed E-state index contributed by atoms with van der Waals surface area (Å²) in [6.45, 7) is 14.0. The van der Waals surface area contributed by atoms with Crippen LogP contribution in [0.4, 0.5) is 53.3 Å². The van der Waals surface area contributed by atoms with Crippen LogP contribution in [0.15, 0.2) is 174 Å². The summed E-state index contributed by atoms with van der Waals surface area (Å²) in [5.41, 5.74) is 6.84. The number of ether oxygens (including phenoxy) is 6. The SMILES string of the molecule is CCCCC(CC)C(=O)[O-].Cc1ccc(CC(=O)OCC(C)OC(=O)Nc2ccc(C)c(N=C=O)c2)cc1N=C=O.Cc1ccc(CC(=O)OCC(C)OC(=O)Nc2ccc(C)c(NC(=O)Oc3ccccc3)c2)cc1NC(=O)Oc1ccccc1.Oc1ccccc1.[Sn+2]. The maximum atomic E-state index is 12.5. The Labute approximate surface area is 562 Å². The summed E-state index contributed by atoms with van der Waals surface area (Å²) in [6.07, 6.45) is 2.07. The molecule has 23 nitrogen and oxygen atoms in total. The summed E-state index contributed by atoms with van der Waals surface area (Å²) in [6, 6.07) is 46.0. The van der Waals surface area contributed by atoms with Crippen LogP contribution in [-0.2, 0) is 55.8 Å². The number of para-hydroxylation sites is 3. The average Bonchev–Trinajstić information content (AvgIpc) is 1.01. The van der Waals surface area contributed by atoms with Gasteiger partial charge in [0.25, 0.3) is 0 Å². The zero-order valence-electron chi connectivity index (χ0n) is 53.4. The Morgan fingerprint density at radius 3 is 1.34 bits per heavy atom. The molecule has 0 fully saturated rings. The van der Waals surface area contributed by atoms with Gasteiger partial charge in [-0.3, -0.25) is 30.9 Å². The number of aliphatic carboxylic acids is 1. The van der Waals surface area contributed by atoms with Gasteiger partial charge < -0.3 is 43.4 Å². The van der Waals surface area contributed by atoms with Crippen LogP contribution in [0, 0.1) is 33.6 Å². The van der Waals surface area contributed by atoms with Crippen molar-refractivity contribution in [3.63, 3.8) is 0 Å². The van der Waals surface area contributed by atoms with E-state index in [2.05, 4.69) is 38.2 Å². The first kappa shape index (κ1) is 77.6. The second-order valence-electron chi connectivity index (χ2n) is 20.7. The van der Waals surface area contributed by atoms with Crippen molar-refractivity contribution in [2.75, 3.05) is 34.5 Å². The number of nitrogens with zero attached hydrogens (tertiary/aromatic N) is 2. The number of rotatable bonds is 23. The molecule has 24 heteroatoms. The molecule has 0 aliphatic rings. The Kier molecular flexibility index (Phi) is 35.1. The van der Waals surface area contributed by atoms with E-state index >= 15 is 0 Å². The van der Waals surface area contributed by atoms with Crippen LogP contribution in [0.5, 0.6) is 17.2 Å². The number of unbranched alkanes of at least 4 members (excludes halogenated alkanes) is 1. The molecule has 7 aromatic rings. The maximum absolute atomic E-state index is 12.5. The van der Waals surface area contributed by atoms with E-state index in [9.17, 15) is 48.3 Å². The van der Waals surface area contributed by atoms with Crippen molar-refractivity contribution in [2.24, 2.45) is 15.9 Å². The van der Waals surface area contributed by atoms with Crippen molar-refractivity contribution < 1.29 is 81.8 Å². The van der Waals surface area contributed by atoms with Crippen molar-refractivity contribution in [3.05, 3.63) is 197 Å². The van der Waals surface area contributed by atoms with Crippen molar-refractivity contribution in [3.8, 4) is 17.2 Å². The predicted octanol–water partition coefficient (Wildman–Crippen LogP) is 13.2. The van der Waals surface area contributed by atoms with E-state index in [1.165, 1.54) is 18.2 Å². The quantitative estimate of drug-likeness (QED) is 0.0131. The van der Waals surface area contributed by atoms with Gasteiger partial charge >= 0.3 is 60.2 Å². The monoisotopic (exact) mass is 1390 g/mol. The zero-order valence-corrected chi connectivity index (χ0v) is 56.2. The zero-order chi connectivity index (χ0) is 68.1. The number of carbonyl (C=O) groups is 7. The molecule has 94 heavy (non-hydrogen) atoms. The number of aliphatic imine (C=N–C) groups is 2. The molecule has 7 rings (SSSR count). The molecule has 0 aliphatic carbocycles. The summed E-state index contributed by atoms with van der Waals surface area (Å²) in [4.78, 5) is 112. The molecule has 0 aliphatic heterocycles. The minimum Gasteiger partial charge on any atom is -0.550 e. The van der Waals surface area contributed by atoms with Crippen LogP contribution in [0.1, 0.15) is 86.8 Å². The number of benzene rings is 7. The number of aryl methyl sites for hydroxylation is 4. The second-order valence-corrected chi connectivity index (χ2v) is 20.7. The summed E-state index contributed by atoms with van der Waals surface area (Å²) in [5, 5.41) is 29.4. The van der Waals surface area contributed by atoms with Crippen molar-refractivity contribution in [1.82, 2.24) is 0 Å². The van der Waals surface area contributed by atoms with Crippen molar-refractivity contribution in [1.29, 1.82) is 0 Å². The Hall–Kier alpha value is -10.6. The first-order chi connectivity index (χ1) is 44.6. The number of carboxylic acids is 1. The number of amides is 4. The third-order valence-corrected chi connectivity index (χ3v) is 13.0. The van der Waals surface area contributed by atoms with Gasteiger partial charge in [0, 0.05) is 28.7 Å². The van der Waals surface area contributed by atoms with Crippen LogP contribution in [0.3, 0.4) is 0 Å². The fourth-order valence-electron chi connectivity index (χ4n) is 7.95. The average molecular weight is 1390 g/mol. The second kappa shape index (κ2) is 42.4. The van der Waals surface area contributed by atoms with Crippen LogP contribution >= 0.6 is 0 Å². The van der Waals surface area contributed by atoms with Gasteiger partial charge in [0.15, 0.2) is 0 Å². The number of phenolic OH excluding ortho intramolecular Hbond substituents is 1. The smallest absolute Gasteiger partial charge is 0.550 e. The number of carboxylic acid groups (broad SMARTS) is 1. The third kappa shape index (κ3) is 30.5. The molecule has 0 aromatic heterocycles. The van der Waals surface area contributed by atoms with Gasteiger partial charge in [0.1, 0.15) is 42.7 Å². The fourth-order valence-corrected chi connectivity index (χ4v) is 7.95. The van der Waals surface area contributed by atoms with E-state index in [0.29, 0.717) is 68.9 Å². The first-order valence-corrected chi connectivity index (χ1v) is 29.4. The van der Waals surface area contributed by atoms with E-state index in [1.807, 2.05) is 32.0 Å². The van der Waals surface area contributed by atoms with Crippen molar-refractivity contribution >= 4 is 112 Å². The van der Waals surface area contributed by atoms with E-state index < -0.39 is 54.5 Å². The minimum atomic E-state index is -0.893. The molecule has 0 saturated carbocycles. The van der Waals surface area contributed by atoms with Gasteiger partial charge in [-0.1, -0.05) is 118 Å². The van der Waals surface area contributed by atoms with Gasteiger partial charge in [0.2, 0.25) is 12.2 Å². The third-order valence-electron chi connectivity index (χ3n) is 13.0. The van der Waals surface area contributed by atoms with E-state index in [4.69, 9.17) is 33.5 Å². The molecule has 2 radical (unpaired) electrons. The van der Waals surface area contributed by atoms with Gasteiger partial charge in [-0.15, -0.1) is 0 Å². The van der Waals surface area contributed by atoms with E-state index in [1.54, 1.807) is 174 Å². The van der Waals surface area contributed by atoms with Gasteiger partial charge in [0.05, 0.1) is 24.2 Å². The predicted molar refractivity (Wildman–Crippen MR) is 353 cm³/mol. The number of carbonyl (C=O) groups excluding carboxylic acids is 9. The maximum Gasteiger partial charge on any atom is 2.00 e. The van der Waals surface area contributed by atoms with Gasteiger partial charge in [-0.25, -0.2) is 28.8 Å². The van der Waals surface area contributed by atoms with Crippen LogP contribution in [0.25, 0.3) is 0 Å². The largest absolute Gasteiger partial charge is 2.00 e. The molecule has 3 atom stereocenters. The topological polar surface area (TPSA) is 325 Å². The normalized spacial score (nSPS) is 10.9. The van der Waals surface area contributed by atoms with Crippen molar-refractivity contribution in [2.45, 2.75) is 106 Å². The van der Waals surface area contributed by atoms with Crippen LogP contribution in [-0.4, -0.2) is 109 Å². The number of hydrogen-bond acceptors (Lipinski definition) is 19. The fraction of sp³-hybridized carbons (Fsp3) is 0.271. The molecule has 4 amide bonds. The Morgan fingerprint density at radius 2 is 0.915 bits per heavy atom. The Morgan fingerprint density at radius 1 is 0.511 bits per heavy atom. The number of esters is 2. The van der Waals surface area contributed by atoms with Gasteiger partial charge in [-0.2, -0.15) is 9.98 Å². The van der Waals surface area contributed by atoms with Gasteiger partial charge in [-0.05, 0) is 166 Å². The molecule has 0 heterocycles. The number of aromatic hydroxyl groups is 1. The summed E-state index contributed by atoms with van der Waals surface area (Å²) < 4.78 is 31.4. The minimum absolute atomic E-state index is 0. The molecule has 5 N–H and O–H groups in total. The Bertz CT molecular complexity index is 3700. The number of nitrogens with one attached hydrogen (secondary N) is 4. The number of isocyanates is 2. The molecular formula is C70H75N6O17Sn+. The number of anilines is 4. The molecular weight excluding hydrogens is 1320 g/mol. The summed E-state index contributed by atoms with van der Waals surface area (Å²) >= 11 is 0. The van der Waals surface area contributed by atoms with Crippen LogP contribution in [0.2, 0.25) is 0 Å². The summed E-state index contributed by atoms with van der Waals surface area (Å²) in [7, 11) is 0.